The van der Waals surface area contributed by atoms with Crippen LogP contribution in [-0.2, 0) is 0 Å². The van der Waals surface area contributed by atoms with Crippen LogP contribution in [0.3, 0.4) is 0 Å². The van der Waals surface area contributed by atoms with Gasteiger partial charge >= 0.3 is 0 Å². The standard InChI is InChI=1S/C9H8BrF2NO/c1-2-13-9(14)5-3-6(10)8(12)4-7(5)11/h3-4H,2H2,1H3,(H,13,14). The second-order valence-electron chi connectivity index (χ2n) is 2.61. The van der Waals surface area contributed by atoms with Crippen LogP contribution in [0.2, 0.25) is 0 Å². The molecule has 0 fully saturated rings. The molecule has 1 amide bonds. The number of rotatable bonds is 2. The first kappa shape index (κ1) is 11.1. The van der Waals surface area contributed by atoms with E-state index in [0.717, 1.165) is 6.07 Å². The molecule has 0 aliphatic rings. The first-order valence-corrected chi connectivity index (χ1v) is 4.78. The van der Waals surface area contributed by atoms with Gasteiger partial charge in [-0.3, -0.25) is 4.79 Å². The summed E-state index contributed by atoms with van der Waals surface area (Å²) in [6.45, 7) is 2.11. The van der Waals surface area contributed by atoms with Crippen LogP contribution in [0.5, 0.6) is 0 Å². The molecule has 2 nitrogen and oxygen atoms in total. The highest BCUT2D eigenvalue weighted by molar-refractivity contribution is 9.10. The van der Waals surface area contributed by atoms with Crippen LogP contribution in [0.4, 0.5) is 8.78 Å². The van der Waals surface area contributed by atoms with E-state index in [9.17, 15) is 13.6 Å². The second kappa shape index (κ2) is 4.50. The minimum absolute atomic E-state index is 0.0696. The van der Waals surface area contributed by atoms with Crippen molar-refractivity contribution in [1.29, 1.82) is 0 Å². The Morgan fingerprint density at radius 3 is 2.64 bits per heavy atom. The second-order valence-corrected chi connectivity index (χ2v) is 3.46. The lowest BCUT2D eigenvalue weighted by Crippen LogP contribution is -2.23. The summed E-state index contributed by atoms with van der Waals surface area (Å²) in [4.78, 5) is 11.2. The van der Waals surface area contributed by atoms with E-state index in [-0.39, 0.29) is 10.0 Å². The Kier molecular flexibility index (Phi) is 3.57. The van der Waals surface area contributed by atoms with Crippen LogP contribution in [0.25, 0.3) is 0 Å². The maximum atomic E-state index is 13.1. The molecule has 0 radical (unpaired) electrons. The van der Waals surface area contributed by atoms with Gasteiger partial charge in [-0.1, -0.05) is 0 Å². The molecule has 1 aromatic carbocycles. The molecule has 0 bridgehead atoms. The number of benzene rings is 1. The molecule has 0 unspecified atom stereocenters. The van der Waals surface area contributed by atoms with E-state index in [0.29, 0.717) is 12.6 Å². The van der Waals surface area contributed by atoms with Crippen molar-refractivity contribution in [3.63, 3.8) is 0 Å². The van der Waals surface area contributed by atoms with Crippen molar-refractivity contribution in [3.05, 3.63) is 33.8 Å². The van der Waals surface area contributed by atoms with E-state index in [1.165, 1.54) is 0 Å². The largest absolute Gasteiger partial charge is 0.352 e. The molecule has 0 saturated heterocycles. The van der Waals surface area contributed by atoms with Gasteiger partial charge in [0.05, 0.1) is 10.0 Å². The van der Waals surface area contributed by atoms with E-state index < -0.39 is 17.5 Å². The minimum Gasteiger partial charge on any atom is -0.352 e. The Hall–Kier alpha value is -0.970. The molecule has 0 spiro atoms. The molecule has 1 rings (SSSR count). The third-order valence-electron chi connectivity index (χ3n) is 1.59. The van der Waals surface area contributed by atoms with Crippen molar-refractivity contribution in [2.45, 2.75) is 6.92 Å². The summed E-state index contributed by atoms with van der Waals surface area (Å²) in [7, 11) is 0. The van der Waals surface area contributed by atoms with Crippen molar-refractivity contribution in [1.82, 2.24) is 5.32 Å². The molecule has 1 aromatic rings. The Labute approximate surface area is 88.4 Å². The van der Waals surface area contributed by atoms with Crippen molar-refractivity contribution < 1.29 is 13.6 Å². The fourth-order valence-electron chi connectivity index (χ4n) is 0.952. The number of amides is 1. The van der Waals surface area contributed by atoms with Gasteiger partial charge in [0, 0.05) is 12.6 Å². The van der Waals surface area contributed by atoms with Gasteiger partial charge in [0.2, 0.25) is 0 Å². The highest BCUT2D eigenvalue weighted by atomic mass is 79.9. The molecule has 1 N–H and O–H groups in total. The summed E-state index contributed by atoms with van der Waals surface area (Å²) in [6.07, 6.45) is 0. The number of hydrogen-bond acceptors (Lipinski definition) is 1. The van der Waals surface area contributed by atoms with Gasteiger partial charge in [0.15, 0.2) is 0 Å². The monoisotopic (exact) mass is 263 g/mol. The van der Waals surface area contributed by atoms with Gasteiger partial charge in [-0.2, -0.15) is 0 Å². The van der Waals surface area contributed by atoms with E-state index in [4.69, 9.17) is 0 Å². The van der Waals surface area contributed by atoms with Gasteiger partial charge in [-0.05, 0) is 28.9 Å². The molecule has 0 atom stereocenters. The number of nitrogens with one attached hydrogen (secondary N) is 1. The fraction of sp³-hybridized carbons (Fsp3) is 0.222. The molecule has 0 aromatic heterocycles. The number of hydrogen-bond donors (Lipinski definition) is 1. The summed E-state index contributed by atoms with van der Waals surface area (Å²) in [6, 6.07) is 1.80. The Bertz CT molecular complexity index is 368. The van der Waals surface area contributed by atoms with Crippen LogP contribution in [0, 0.1) is 11.6 Å². The predicted octanol–water partition coefficient (Wildman–Crippen LogP) is 2.48. The third kappa shape index (κ3) is 2.29. The van der Waals surface area contributed by atoms with E-state index in [2.05, 4.69) is 21.2 Å². The molecule has 0 aliphatic heterocycles. The number of carbonyl (C=O) groups is 1. The van der Waals surface area contributed by atoms with Crippen LogP contribution in [0.15, 0.2) is 16.6 Å². The Morgan fingerprint density at radius 2 is 2.07 bits per heavy atom. The number of halogens is 3. The van der Waals surface area contributed by atoms with E-state index in [1.54, 1.807) is 6.92 Å². The van der Waals surface area contributed by atoms with Crippen LogP contribution >= 0.6 is 15.9 Å². The lowest BCUT2D eigenvalue weighted by Gasteiger charge is -2.04. The van der Waals surface area contributed by atoms with Crippen molar-refractivity contribution in [2.24, 2.45) is 0 Å². The van der Waals surface area contributed by atoms with E-state index in [1.807, 2.05) is 0 Å². The van der Waals surface area contributed by atoms with Gasteiger partial charge in [0.25, 0.3) is 5.91 Å². The fourth-order valence-corrected chi connectivity index (χ4v) is 1.30. The van der Waals surface area contributed by atoms with Gasteiger partial charge < -0.3 is 5.32 Å². The van der Waals surface area contributed by atoms with Crippen molar-refractivity contribution in [3.8, 4) is 0 Å². The summed E-state index contributed by atoms with van der Waals surface area (Å²) < 4.78 is 25.9. The topological polar surface area (TPSA) is 29.1 Å². The zero-order valence-electron chi connectivity index (χ0n) is 7.40. The number of carbonyl (C=O) groups excluding carboxylic acids is 1. The Balaban J connectivity index is 3.09. The molecule has 0 saturated carbocycles. The average Bonchev–Trinajstić information content (AvgIpc) is 2.11. The lowest BCUT2D eigenvalue weighted by molar-refractivity contribution is 0.0951. The molecule has 0 aliphatic carbocycles. The molecule has 14 heavy (non-hydrogen) atoms. The Morgan fingerprint density at radius 1 is 1.43 bits per heavy atom. The highest BCUT2D eigenvalue weighted by Crippen LogP contribution is 2.19. The van der Waals surface area contributed by atoms with Gasteiger partial charge in [-0.15, -0.1) is 0 Å². The summed E-state index contributed by atoms with van der Waals surface area (Å²) in [5, 5.41) is 2.43. The highest BCUT2D eigenvalue weighted by Gasteiger charge is 2.13. The molecule has 0 heterocycles. The maximum Gasteiger partial charge on any atom is 0.254 e. The van der Waals surface area contributed by atoms with Crippen LogP contribution in [0.1, 0.15) is 17.3 Å². The van der Waals surface area contributed by atoms with Crippen LogP contribution in [-0.4, -0.2) is 12.5 Å². The van der Waals surface area contributed by atoms with Gasteiger partial charge in [-0.25, -0.2) is 8.78 Å². The molecule has 5 heteroatoms. The normalized spacial score (nSPS) is 10.0. The quantitative estimate of drug-likeness (QED) is 0.817. The van der Waals surface area contributed by atoms with Gasteiger partial charge in [0.1, 0.15) is 11.6 Å². The van der Waals surface area contributed by atoms with Crippen molar-refractivity contribution >= 4 is 21.8 Å². The summed E-state index contributed by atoms with van der Waals surface area (Å²) in [5.74, 6) is -2.14. The first-order valence-electron chi connectivity index (χ1n) is 3.99. The summed E-state index contributed by atoms with van der Waals surface area (Å²) in [5.41, 5.74) is -0.167. The van der Waals surface area contributed by atoms with Crippen molar-refractivity contribution in [2.75, 3.05) is 6.54 Å². The maximum absolute atomic E-state index is 13.1. The molecular formula is C9H8BrF2NO. The zero-order valence-corrected chi connectivity index (χ0v) is 8.99. The smallest absolute Gasteiger partial charge is 0.254 e. The average molecular weight is 264 g/mol. The predicted molar refractivity (Wildman–Crippen MR) is 52.1 cm³/mol. The zero-order chi connectivity index (χ0) is 10.7. The van der Waals surface area contributed by atoms with E-state index >= 15 is 0 Å². The minimum atomic E-state index is -0.864. The molecular weight excluding hydrogens is 256 g/mol. The molecule has 76 valence electrons. The van der Waals surface area contributed by atoms with Crippen LogP contribution < -0.4 is 5.32 Å². The lowest BCUT2D eigenvalue weighted by atomic mass is 10.2. The first-order chi connectivity index (χ1) is 6.56. The third-order valence-corrected chi connectivity index (χ3v) is 2.20. The summed E-state index contributed by atoms with van der Waals surface area (Å²) >= 11 is 2.88. The SMILES string of the molecule is CCNC(=O)c1cc(Br)c(F)cc1F.